The van der Waals surface area contributed by atoms with Gasteiger partial charge in [-0.05, 0) is 24.6 Å². The van der Waals surface area contributed by atoms with Crippen molar-refractivity contribution < 1.29 is 4.79 Å². The van der Waals surface area contributed by atoms with Gasteiger partial charge in [0.15, 0.2) is 5.82 Å². The Morgan fingerprint density at radius 2 is 1.71 bits per heavy atom. The van der Waals surface area contributed by atoms with Gasteiger partial charge in [0.2, 0.25) is 0 Å². The van der Waals surface area contributed by atoms with Crippen LogP contribution in [0.2, 0.25) is 0 Å². The zero-order valence-electron chi connectivity index (χ0n) is 13.1. The SMILES string of the molecule is Cc1nc2ccccc2nc1NN1C(=O)CSC1c1ccccc1. The molecule has 1 amide bonds. The lowest BCUT2D eigenvalue weighted by atomic mass is 10.2. The molecule has 1 aliphatic rings. The first-order valence-electron chi connectivity index (χ1n) is 7.71. The van der Waals surface area contributed by atoms with E-state index in [0.717, 1.165) is 22.3 Å². The maximum atomic E-state index is 12.3. The van der Waals surface area contributed by atoms with E-state index in [0.29, 0.717) is 11.6 Å². The first-order valence-corrected chi connectivity index (χ1v) is 8.76. The molecule has 2 heterocycles. The summed E-state index contributed by atoms with van der Waals surface area (Å²) in [5, 5.41) is 1.59. The summed E-state index contributed by atoms with van der Waals surface area (Å²) in [5.74, 6) is 1.11. The number of nitrogens with zero attached hydrogens (tertiary/aromatic N) is 3. The van der Waals surface area contributed by atoms with E-state index >= 15 is 0 Å². The van der Waals surface area contributed by atoms with Gasteiger partial charge in [-0.15, -0.1) is 11.8 Å². The zero-order chi connectivity index (χ0) is 16.5. The van der Waals surface area contributed by atoms with Crippen LogP contribution in [-0.4, -0.2) is 26.6 Å². The first kappa shape index (κ1) is 15.0. The monoisotopic (exact) mass is 336 g/mol. The number of para-hydroxylation sites is 2. The molecule has 1 saturated heterocycles. The molecule has 0 radical (unpaired) electrons. The van der Waals surface area contributed by atoms with Gasteiger partial charge in [-0.1, -0.05) is 42.5 Å². The van der Waals surface area contributed by atoms with Crippen molar-refractivity contribution in [3.05, 3.63) is 65.9 Å². The van der Waals surface area contributed by atoms with Gasteiger partial charge in [0.25, 0.3) is 5.91 Å². The molecule has 1 unspecified atom stereocenters. The van der Waals surface area contributed by atoms with Crippen LogP contribution < -0.4 is 5.43 Å². The van der Waals surface area contributed by atoms with E-state index in [1.165, 1.54) is 0 Å². The summed E-state index contributed by atoms with van der Waals surface area (Å²) in [7, 11) is 0. The molecule has 0 aliphatic carbocycles. The van der Waals surface area contributed by atoms with Gasteiger partial charge in [0, 0.05) is 0 Å². The molecule has 6 heteroatoms. The van der Waals surface area contributed by atoms with Crippen molar-refractivity contribution in [2.45, 2.75) is 12.3 Å². The Labute approximate surface area is 144 Å². The molecule has 120 valence electrons. The highest BCUT2D eigenvalue weighted by Crippen LogP contribution is 2.38. The molecular formula is C18H16N4OS. The quantitative estimate of drug-likeness (QED) is 0.793. The molecule has 0 bridgehead atoms. The van der Waals surface area contributed by atoms with Crippen LogP contribution in [0.3, 0.4) is 0 Å². The van der Waals surface area contributed by atoms with Crippen LogP contribution in [0, 0.1) is 6.92 Å². The van der Waals surface area contributed by atoms with Crippen LogP contribution >= 0.6 is 11.8 Å². The summed E-state index contributed by atoms with van der Waals surface area (Å²) in [6, 6.07) is 17.7. The number of fused-ring (bicyclic) bond motifs is 1. The molecule has 1 aliphatic heterocycles. The largest absolute Gasteiger partial charge is 0.276 e. The average Bonchev–Trinajstić information content (AvgIpc) is 2.97. The number of hydrogen-bond acceptors (Lipinski definition) is 5. The Kier molecular flexibility index (Phi) is 3.82. The van der Waals surface area contributed by atoms with Crippen molar-refractivity contribution in [3.63, 3.8) is 0 Å². The van der Waals surface area contributed by atoms with E-state index in [-0.39, 0.29) is 11.3 Å². The first-order chi connectivity index (χ1) is 11.7. The summed E-state index contributed by atoms with van der Waals surface area (Å²) in [4.78, 5) is 21.5. The zero-order valence-corrected chi connectivity index (χ0v) is 14.0. The summed E-state index contributed by atoms with van der Waals surface area (Å²) in [6.07, 6.45) is 0. The molecule has 1 fully saturated rings. The van der Waals surface area contributed by atoms with Gasteiger partial charge in [-0.25, -0.2) is 15.0 Å². The minimum Gasteiger partial charge on any atom is -0.276 e. The molecule has 3 aromatic rings. The molecule has 1 aromatic heterocycles. The number of benzene rings is 2. The summed E-state index contributed by atoms with van der Waals surface area (Å²) < 4.78 is 0. The standard InChI is InChI=1S/C18H16N4OS/c1-12-17(20-15-10-6-5-9-14(15)19-12)21-22-16(23)11-24-18(22)13-7-3-2-4-8-13/h2-10,18H,11H2,1H3,(H,20,21). The number of aromatic nitrogens is 2. The number of hydrazine groups is 1. The van der Waals surface area contributed by atoms with E-state index in [1.54, 1.807) is 16.8 Å². The highest BCUT2D eigenvalue weighted by Gasteiger charge is 2.33. The van der Waals surface area contributed by atoms with Crippen LogP contribution in [-0.2, 0) is 4.79 Å². The van der Waals surface area contributed by atoms with Crippen molar-refractivity contribution in [1.29, 1.82) is 0 Å². The Bertz CT molecular complexity index is 900. The van der Waals surface area contributed by atoms with Crippen molar-refractivity contribution in [1.82, 2.24) is 15.0 Å². The van der Waals surface area contributed by atoms with Crippen molar-refractivity contribution in [3.8, 4) is 0 Å². The molecule has 0 spiro atoms. The Morgan fingerprint density at radius 3 is 2.46 bits per heavy atom. The number of rotatable bonds is 3. The van der Waals surface area contributed by atoms with E-state index in [9.17, 15) is 4.79 Å². The predicted molar refractivity (Wildman–Crippen MR) is 96.4 cm³/mol. The minimum atomic E-state index is -0.0635. The van der Waals surface area contributed by atoms with Gasteiger partial charge in [-0.2, -0.15) is 0 Å². The number of thioether (sulfide) groups is 1. The third-order valence-corrected chi connectivity index (χ3v) is 5.14. The number of carbonyl (C=O) groups is 1. The Hall–Kier alpha value is -2.60. The molecule has 0 saturated carbocycles. The summed E-state index contributed by atoms with van der Waals surface area (Å²) in [5.41, 5.74) is 6.70. The highest BCUT2D eigenvalue weighted by atomic mass is 32.2. The summed E-state index contributed by atoms with van der Waals surface area (Å²) in [6.45, 7) is 1.90. The molecule has 5 nitrogen and oxygen atoms in total. The number of anilines is 1. The maximum Gasteiger partial charge on any atom is 0.252 e. The number of carbonyl (C=O) groups excluding carboxylic acids is 1. The Morgan fingerprint density at radius 1 is 1.04 bits per heavy atom. The topological polar surface area (TPSA) is 58.1 Å². The second-order valence-corrected chi connectivity index (χ2v) is 6.66. The van der Waals surface area contributed by atoms with Gasteiger partial charge < -0.3 is 0 Å². The fourth-order valence-electron chi connectivity index (χ4n) is 2.72. The van der Waals surface area contributed by atoms with E-state index in [4.69, 9.17) is 0 Å². The van der Waals surface area contributed by atoms with Gasteiger partial charge in [0.05, 0.1) is 22.5 Å². The van der Waals surface area contributed by atoms with E-state index < -0.39 is 0 Å². The third-order valence-electron chi connectivity index (χ3n) is 3.92. The second-order valence-electron chi connectivity index (χ2n) is 5.60. The normalized spacial score (nSPS) is 17.5. The van der Waals surface area contributed by atoms with Crippen LogP contribution in [0.15, 0.2) is 54.6 Å². The van der Waals surface area contributed by atoms with Gasteiger partial charge in [-0.3, -0.25) is 10.2 Å². The molecule has 4 rings (SSSR count). The molecular weight excluding hydrogens is 320 g/mol. The van der Waals surface area contributed by atoms with E-state index in [2.05, 4.69) is 15.4 Å². The van der Waals surface area contributed by atoms with Crippen molar-refractivity contribution >= 4 is 34.5 Å². The second kappa shape index (κ2) is 6.13. The van der Waals surface area contributed by atoms with Crippen molar-refractivity contribution in [2.24, 2.45) is 0 Å². The molecule has 1 atom stereocenters. The smallest absolute Gasteiger partial charge is 0.252 e. The fourth-order valence-corrected chi connectivity index (χ4v) is 3.83. The molecule has 2 aromatic carbocycles. The lowest BCUT2D eigenvalue weighted by molar-refractivity contribution is -0.126. The number of amides is 1. The fraction of sp³-hybridized carbons (Fsp3) is 0.167. The minimum absolute atomic E-state index is 0.0446. The number of hydrogen-bond donors (Lipinski definition) is 1. The van der Waals surface area contributed by atoms with Crippen LogP contribution in [0.5, 0.6) is 0 Å². The molecule has 24 heavy (non-hydrogen) atoms. The maximum absolute atomic E-state index is 12.3. The lowest BCUT2D eigenvalue weighted by Gasteiger charge is -2.25. The number of nitrogens with one attached hydrogen (secondary N) is 1. The highest BCUT2D eigenvalue weighted by molar-refractivity contribution is 8.00. The Balaban J connectivity index is 1.68. The lowest BCUT2D eigenvalue weighted by Crippen LogP contribution is -2.34. The van der Waals surface area contributed by atoms with Crippen molar-refractivity contribution in [2.75, 3.05) is 11.2 Å². The van der Waals surface area contributed by atoms with Crippen LogP contribution in [0.25, 0.3) is 11.0 Å². The third kappa shape index (κ3) is 2.69. The predicted octanol–water partition coefficient (Wildman–Crippen LogP) is 3.54. The van der Waals surface area contributed by atoms with Gasteiger partial charge in [0.1, 0.15) is 5.37 Å². The average molecular weight is 336 g/mol. The van der Waals surface area contributed by atoms with Gasteiger partial charge >= 0.3 is 0 Å². The van der Waals surface area contributed by atoms with Crippen LogP contribution in [0.4, 0.5) is 5.82 Å². The number of aryl methyl sites for hydroxylation is 1. The summed E-state index contributed by atoms with van der Waals surface area (Å²) >= 11 is 1.61. The van der Waals surface area contributed by atoms with Crippen LogP contribution in [0.1, 0.15) is 16.6 Å². The van der Waals surface area contributed by atoms with E-state index in [1.807, 2.05) is 61.5 Å². The molecule has 1 N–H and O–H groups in total.